The van der Waals surface area contributed by atoms with Crippen molar-refractivity contribution in [3.05, 3.63) is 51.8 Å². The van der Waals surface area contributed by atoms with Crippen molar-refractivity contribution in [1.29, 1.82) is 5.26 Å². The van der Waals surface area contributed by atoms with E-state index in [4.69, 9.17) is 21.3 Å². The highest BCUT2D eigenvalue weighted by molar-refractivity contribution is 6.30. The van der Waals surface area contributed by atoms with Gasteiger partial charge in [0.1, 0.15) is 11.8 Å². The molecule has 0 radical (unpaired) electrons. The molecular formula is C28H32ClN3O2. The molecule has 0 unspecified atom stereocenters. The topological polar surface area (TPSA) is 67.9 Å². The van der Waals surface area contributed by atoms with Crippen molar-refractivity contribution in [2.45, 2.75) is 79.6 Å². The Labute approximate surface area is 206 Å². The van der Waals surface area contributed by atoms with Gasteiger partial charge in [-0.1, -0.05) is 23.7 Å². The molecule has 6 heteroatoms. The Morgan fingerprint density at radius 3 is 2.35 bits per heavy atom. The second kappa shape index (κ2) is 8.52. The van der Waals surface area contributed by atoms with Gasteiger partial charge in [0.05, 0.1) is 17.1 Å². The van der Waals surface area contributed by atoms with E-state index >= 15 is 0 Å². The number of carbonyl (C=O) groups is 1. The minimum Gasteiger partial charge on any atom is -0.360 e. The standard InChI is InChI=1S/C28H32ClN3O2/c1-16-18(3)32(15-28(14-30)12-13-28)26-22(16)24(20-8-10-21(29)11-9-20)23(17(2)31-26)25(19(4)33)34-27(5,6)7/h8-11,25H,12-13,15H2,1-7H3/t25-/m1/s1. The molecule has 1 fully saturated rings. The zero-order valence-corrected chi connectivity index (χ0v) is 21.8. The third-order valence-corrected chi connectivity index (χ3v) is 7.02. The summed E-state index contributed by atoms with van der Waals surface area (Å²) in [5.41, 5.74) is 5.66. The van der Waals surface area contributed by atoms with Gasteiger partial charge in [0.15, 0.2) is 5.78 Å². The Morgan fingerprint density at radius 2 is 1.85 bits per heavy atom. The lowest BCUT2D eigenvalue weighted by Gasteiger charge is -2.29. The van der Waals surface area contributed by atoms with E-state index in [9.17, 15) is 10.1 Å². The summed E-state index contributed by atoms with van der Waals surface area (Å²) in [6.45, 7) is 14.2. The lowest BCUT2D eigenvalue weighted by atomic mass is 9.90. The number of benzene rings is 1. The van der Waals surface area contributed by atoms with E-state index in [1.165, 1.54) is 0 Å². The molecule has 0 amide bonds. The first kappa shape index (κ1) is 24.4. The second-order valence-electron chi connectivity index (χ2n) is 10.6. The fourth-order valence-corrected chi connectivity index (χ4v) is 4.81. The van der Waals surface area contributed by atoms with Gasteiger partial charge in [-0.15, -0.1) is 0 Å². The summed E-state index contributed by atoms with van der Waals surface area (Å²) >= 11 is 6.22. The summed E-state index contributed by atoms with van der Waals surface area (Å²) in [4.78, 5) is 18.0. The normalized spacial score (nSPS) is 15.9. The number of ketones is 1. The first-order valence-electron chi connectivity index (χ1n) is 11.7. The highest BCUT2D eigenvalue weighted by Crippen LogP contribution is 2.48. The largest absolute Gasteiger partial charge is 0.360 e. The zero-order valence-electron chi connectivity index (χ0n) is 21.0. The van der Waals surface area contributed by atoms with E-state index in [0.29, 0.717) is 11.6 Å². The molecule has 1 aliphatic carbocycles. The molecule has 0 bridgehead atoms. The summed E-state index contributed by atoms with van der Waals surface area (Å²) < 4.78 is 8.51. The van der Waals surface area contributed by atoms with Crippen molar-refractivity contribution in [1.82, 2.24) is 9.55 Å². The number of aromatic nitrogens is 2. The van der Waals surface area contributed by atoms with Crippen LogP contribution in [0.1, 0.15) is 69.2 Å². The highest BCUT2D eigenvalue weighted by Gasteiger charge is 2.44. The van der Waals surface area contributed by atoms with Crippen LogP contribution in [0.2, 0.25) is 5.02 Å². The molecule has 34 heavy (non-hydrogen) atoms. The number of carbonyl (C=O) groups excluding carboxylic acids is 1. The van der Waals surface area contributed by atoms with Crippen molar-refractivity contribution < 1.29 is 9.53 Å². The third kappa shape index (κ3) is 4.37. The van der Waals surface area contributed by atoms with E-state index in [2.05, 4.69) is 24.5 Å². The van der Waals surface area contributed by atoms with Crippen molar-refractivity contribution in [2.75, 3.05) is 0 Å². The van der Waals surface area contributed by atoms with Gasteiger partial charge in [-0.2, -0.15) is 5.26 Å². The number of halogens is 1. The summed E-state index contributed by atoms with van der Waals surface area (Å²) in [7, 11) is 0. The van der Waals surface area contributed by atoms with Crippen LogP contribution in [-0.4, -0.2) is 20.9 Å². The molecule has 0 N–H and O–H groups in total. The smallest absolute Gasteiger partial charge is 0.163 e. The van der Waals surface area contributed by atoms with Crippen molar-refractivity contribution >= 4 is 28.4 Å². The van der Waals surface area contributed by atoms with Crippen molar-refractivity contribution in [3.63, 3.8) is 0 Å². The van der Waals surface area contributed by atoms with Gasteiger partial charge in [0.25, 0.3) is 0 Å². The lowest BCUT2D eigenvalue weighted by molar-refractivity contribution is -0.138. The summed E-state index contributed by atoms with van der Waals surface area (Å²) in [6.07, 6.45) is 1.07. The van der Waals surface area contributed by atoms with Crippen LogP contribution >= 0.6 is 11.6 Å². The van der Waals surface area contributed by atoms with Crippen LogP contribution in [0.25, 0.3) is 22.2 Å². The zero-order chi connectivity index (χ0) is 25.0. The molecule has 0 spiro atoms. The molecule has 0 saturated heterocycles. The maximum absolute atomic E-state index is 12.9. The number of ether oxygens (including phenoxy) is 1. The molecule has 0 aliphatic heterocycles. The quantitative estimate of drug-likeness (QED) is 0.382. The first-order valence-corrected chi connectivity index (χ1v) is 12.1. The Balaban J connectivity index is 2.08. The molecule has 1 saturated carbocycles. The fourth-order valence-electron chi connectivity index (χ4n) is 4.68. The van der Waals surface area contributed by atoms with E-state index in [1.807, 2.05) is 52.0 Å². The number of aryl methyl sites for hydroxylation is 2. The minimum absolute atomic E-state index is 0.0652. The molecule has 178 valence electrons. The van der Waals surface area contributed by atoms with Crippen molar-refractivity contribution in [3.8, 4) is 17.2 Å². The first-order chi connectivity index (χ1) is 15.9. The Hall–Kier alpha value is -2.68. The second-order valence-corrected chi connectivity index (χ2v) is 11.0. The molecule has 2 aromatic heterocycles. The average molecular weight is 478 g/mol. The van der Waals surface area contributed by atoms with E-state index in [1.54, 1.807) is 6.92 Å². The van der Waals surface area contributed by atoms with Gasteiger partial charge in [0, 0.05) is 39.5 Å². The number of hydrogen-bond donors (Lipinski definition) is 0. The SMILES string of the molecule is CC(=O)[C@@H](OC(C)(C)C)c1c(C)nc2c(c(C)c(C)n2CC2(C#N)CC2)c1-c1ccc(Cl)cc1. The van der Waals surface area contributed by atoms with Gasteiger partial charge in [-0.3, -0.25) is 4.79 Å². The molecule has 4 rings (SSSR count). The summed E-state index contributed by atoms with van der Waals surface area (Å²) in [5.74, 6) is -0.0652. The molecule has 1 aliphatic rings. The van der Waals surface area contributed by atoms with E-state index in [0.717, 1.165) is 57.5 Å². The fraction of sp³-hybridized carbons (Fsp3) is 0.464. The molecule has 2 heterocycles. The van der Waals surface area contributed by atoms with Crippen LogP contribution in [0.4, 0.5) is 0 Å². The van der Waals surface area contributed by atoms with Crippen LogP contribution in [0, 0.1) is 37.5 Å². The van der Waals surface area contributed by atoms with Crippen LogP contribution in [0.5, 0.6) is 0 Å². The Bertz CT molecular complexity index is 1320. The number of nitriles is 1. The molecule has 5 nitrogen and oxygen atoms in total. The van der Waals surface area contributed by atoms with Crippen LogP contribution in [0.3, 0.4) is 0 Å². The van der Waals surface area contributed by atoms with E-state index < -0.39 is 11.7 Å². The third-order valence-electron chi connectivity index (χ3n) is 6.77. The molecule has 1 aromatic carbocycles. The van der Waals surface area contributed by atoms with Gasteiger partial charge in [-0.05, 0) is 84.6 Å². The average Bonchev–Trinajstić information content (AvgIpc) is 3.50. The van der Waals surface area contributed by atoms with Crippen LogP contribution in [-0.2, 0) is 16.1 Å². The lowest BCUT2D eigenvalue weighted by Crippen LogP contribution is -2.27. The highest BCUT2D eigenvalue weighted by atomic mass is 35.5. The molecular weight excluding hydrogens is 446 g/mol. The Kier molecular flexibility index (Phi) is 6.12. The van der Waals surface area contributed by atoms with Crippen LogP contribution in [0.15, 0.2) is 24.3 Å². The number of pyridine rings is 1. The van der Waals surface area contributed by atoms with E-state index in [-0.39, 0.29) is 11.2 Å². The molecule has 3 aromatic rings. The maximum atomic E-state index is 12.9. The molecule has 1 atom stereocenters. The summed E-state index contributed by atoms with van der Waals surface area (Å²) in [5, 5.41) is 11.4. The minimum atomic E-state index is -0.750. The van der Waals surface area contributed by atoms with Crippen LogP contribution < -0.4 is 0 Å². The summed E-state index contributed by atoms with van der Waals surface area (Å²) in [6, 6.07) is 10.2. The number of hydrogen-bond acceptors (Lipinski definition) is 4. The maximum Gasteiger partial charge on any atom is 0.163 e. The van der Waals surface area contributed by atoms with Gasteiger partial charge in [-0.25, -0.2) is 4.98 Å². The monoisotopic (exact) mass is 477 g/mol. The van der Waals surface area contributed by atoms with Gasteiger partial charge in [0.2, 0.25) is 0 Å². The van der Waals surface area contributed by atoms with Crippen molar-refractivity contribution in [2.24, 2.45) is 5.41 Å². The number of Topliss-reactive ketones (excluding diaryl/α,β-unsaturated/α-hetero) is 1. The Morgan fingerprint density at radius 1 is 1.24 bits per heavy atom. The number of nitrogens with zero attached hydrogens (tertiary/aromatic N) is 3. The number of fused-ring (bicyclic) bond motifs is 1. The predicted octanol–water partition coefficient (Wildman–Crippen LogP) is 7.03. The van der Waals surface area contributed by atoms with Gasteiger partial charge >= 0.3 is 0 Å². The van der Waals surface area contributed by atoms with Gasteiger partial charge < -0.3 is 9.30 Å². The predicted molar refractivity (Wildman–Crippen MR) is 136 cm³/mol. The number of rotatable bonds is 6.